The SMILES string of the molecule is CC[C@@H]1OC(=O)C[C@H](O)[C@@H](C)[C@@H](O[C@H]2O[C@@H](C)[C@@H](O[C@H]3CCC(=O)[C@H](C)O3)[C@@H](N(C)C)[C@@H]2O)[C@@H](CC=O)C[C@@H](C)C(=O)/C=C/[C@H]2O[C@@H]2[C@H]1C. The van der Waals surface area contributed by atoms with Crippen molar-refractivity contribution >= 4 is 23.8 Å². The summed E-state index contributed by atoms with van der Waals surface area (Å²) in [5, 5.41) is 23.2. The van der Waals surface area contributed by atoms with Gasteiger partial charge in [-0.05, 0) is 58.9 Å². The number of fused-ring (bicyclic) bond motifs is 1. The molecule has 4 heterocycles. The average molecular weight is 696 g/mol. The molecule has 4 aliphatic rings. The second-order valence-electron chi connectivity index (χ2n) is 14.6. The maximum Gasteiger partial charge on any atom is 0.308 e. The lowest BCUT2D eigenvalue weighted by Crippen LogP contribution is -2.64. The highest BCUT2D eigenvalue weighted by atomic mass is 16.7. The van der Waals surface area contributed by atoms with E-state index < -0.39 is 85.1 Å². The van der Waals surface area contributed by atoms with Gasteiger partial charge < -0.3 is 48.3 Å². The van der Waals surface area contributed by atoms with Crippen molar-refractivity contribution in [2.45, 2.75) is 154 Å². The molecular formula is C36H57NO12. The topological polar surface area (TPSA) is 171 Å². The fourth-order valence-corrected chi connectivity index (χ4v) is 7.53. The number of epoxide rings is 1. The zero-order valence-corrected chi connectivity index (χ0v) is 30.1. The number of aldehydes is 1. The number of hydrogen-bond donors (Lipinski definition) is 2. The number of cyclic esters (lactones) is 1. The zero-order chi connectivity index (χ0) is 36.2. The minimum Gasteiger partial charge on any atom is -0.462 e. The molecule has 278 valence electrons. The Morgan fingerprint density at radius 1 is 0.980 bits per heavy atom. The van der Waals surface area contributed by atoms with Crippen LogP contribution in [0.2, 0.25) is 0 Å². The molecule has 3 fully saturated rings. The Hall–Kier alpha value is -2.10. The summed E-state index contributed by atoms with van der Waals surface area (Å²) in [4.78, 5) is 52.2. The van der Waals surface area contributed by atoms with E-state index in [4.69, 9.17) is 28.4 Å². The van der Waals surface area contributed by atoms with E-state index >= 15 is 0 Å². The smallest absolute Gasteiger partial charge is 0.308 e. The van der Waals surface area contributed by atoms with Gasteiger partial charge in [-0.2, -0.15) is 0 Å². The van der Waals surface area contributed by atoms with Crippen LogP contribution in [-0.2, 0) is 47.6 Å². The second-order valence-corrected chi connectivity index (χ2v) is 14.6. The third-order valence-electron chi connectivity index (χ3n) is 10.7. The van der Waals surface area contributed by atoms with Crippen LogP contribution in [0.4, 0.5) is 0 Å². The van der Waals surface area contributed by atoms with E-state index in [0.29, 0.717) is 19.3 Å². The Morgan fingerprint density at radius 3 is 2.33 bits per heavy atom. The largest absolute Gasteiger partial charge is 0.462 e. The van der Waals surface area contributed by atoms with Crippen molar-refractivity contribution in [3.63, 3.8) is 0 Å². The fraction of sp³-hybridized carbons (Fsp3) is 0.833. The quantitative estimate of drug-likeness (QED) is 0.216. The molecule has 13 heteroatoms. The number of allylic oxidation sites excluding steroid dienone is 1. The molecular weight excluding hydrogens is 638 g/mol. The predicted octanol–water partition coefficient (Wildman–Crippen LogP) is 2.37. The Labute approximate surface area is 289 Å². The van der Waals surface area contributed by atoms with Gasteiger partial charge in [0, 0.05) is 37.0 Å². The maximum atomic E-state index is 13.3. The number of ketones is 2. The number of esters is 1. The fourth-order valence-electron chi connectivity index (χ4n) is 7.53. The van der Waals surface area contributed by atoms with E-state index in [9.17, 15) is 29.4 Å². The highest BCUT2D eigenvalue weighted by Crippen LogP contribution is 2.37. The Bertz CT molecular complexity index is 1180. The zero-order valence-electron chi connectivity index (χ0n) is 30.1. The molecule has 0 spiro atoms. The van der Waals surface area contributed by atoms with Gasteiger partial charge in [0.2, 0.25) is 0 Å². The van der Waals surface area contributed by atoms with Gasteiger partial charge in [-0.3, -0.25) is 14.4 Å². The van der Waals surface area contributed by atoms with Crippen LogP contribution in [0.25, 0.3) is 0 Å². The molecule has 13 nitrogen and oxygen atoms in total. The van der Waals surface area contributed by atoms with Gasteiger partial charge in [-0.15, -0.1) is 0 Å². The minimum atomic E-state index is -1.24. The van der Waals surface area contributed by atoms with Crippen LogP contribution in [0, 0.1) is 23.7 Å². The number of aliphatic hydroxyl groups is 2. The lowest BCUT2D eigenvalue weighted by atomic mass is 9.79. The number of rotatable bonds is 8. The second kappa shape index (κ2) is 17.4. The lowest BCUT2D eigenvalue weighted by Gasteiger charge is -2.49. The molecule has 0 amide bonds. The summed E-state index contributed by atoms with van der Waals surface area (Å²) in [6.07, 6.45) is -2.78. The minimum absolute atomic E-state index is 0.00603. The molecule has 0 radical (unpaired) electrons. The van der Waals surface area contributed by atoms with E-state index in [1.54, 1.807) is 47.9 Å². The molecule has 49 heavy (non-hydrogen) atoms. The number of ether oxygens (including phenoxy) is 6. The maximum absolute atomic E-state index is 13.3. The number of carbonyl (C=O) groups is 4. The van der Waals surface area contributed by atoms with Crippen LogP contribution in [0.1, 0.15) is 80.1 Å². The van der Waals surface area contributed by atoms with Gasteiger partial charge >= 0.3 is 5.97 Å². The first-order valence-corrected chi connectivity index (χ1v) is 17.8. The van der Waals surface area contributed by atoms with Crippen molar-refractivity contribution in [3.05, 3.63) is 12.2 Å². The van der Waals surface area contributed by atoms with Gasteiger partial charge in [-0.1, -0.05) is 27.7 Å². The highest BCUT2D eigenvalue weighted by Gasteiger charge is 2.50. The first-order chi connectivity index (χ1) is 23.2. The highest BCUT2D eigenvalue weighted by molar-refractivity contribution is 5.91. The number of carbonyl (C=O) groups excluding carboxylic acids is 4. The Balaban J connectivity index is 1.60. The summed E-state index contributed by atoms with van der Waals surface area (Å²) in [6.45, 7) is 10.8. The summed E-state index contributed by atoms with van der Waals surface area (Å²) >= 11 is 0. The van der Waals surface area contributed by atoms with Crippen molar-refractivity contribution < 1.29 is 57.8 Å². The monoisotopic (exact) mass is 695 g/mol. The number of aliphatic hydroxyl groups excluding tert-OH is 2. The standard InChI is InChI=1S/C36H57NO12/c1-9-27-20(4)34-28(47-34)12-10-24(39)18(2)16-23(14-15-38)33(19(3)26(41)17-29(42)46-27)49-36-32(43)31(37(7)8)35(22(6)45-36)48-30-13-11-25(40)21(5)44-30/h10,12,15,18-23,26-28,30-36,41,43H,9,11,13-14,16-17H2,1-8H3/b12-10+/t18-,19-,20+,21+,22+,23+,26+,27+,28-,30+,31+,32+,33-,34-,35-,36-/m1/s1. The lowest BCUT2D eigenvalue weighted by molar-refractivity contribution is -0.327. The van der Waals surface area contributed by atoms with E-state index in [0.717, 1.165) is 6.29 Å². The Morgan fingerprint density at radius 2 is 1.69 bits per heavy atom. The van der Waals surface area contributed by atoms with Gasteiger partial charge in [-0.25, -0.2) is 0 Å². The van der Waals surface area contributed by atoms with E-state index in [1.165, 1.54) is 6.08 Å². The van der Waals surface area contributed by atoms with E-state index in [-0.39, 0.29) is 49.0 Å². The molecule has 0 bridgehead atoms. The molecule has 3 saturated heterocycles. The summed E-state index contributed by atoms with van der Waals surface area (Å²) in [6, 6.07) is -0.622. The number of nitrogens with zero attached hydrogens (tertiary/aromatic N) is 1. The number of hydrogen-bond acceptors (Lipinski definition) is 13. The molecule has 16 atom stereocenters. The molecule has 2 N–H and O–H groups in total. The molecule has 0 aromatic rings. The molecule has 0 unspecified atom stereocenters. The van der Waals surface area contributed by atoms with Crippen LogP contribution in [0.15, 0.2) is 12.2 Å². The van der Waals surface area contributed by atoms with Crippen LogP contribution < -0.4 is 0 Å². The summed E-state index contributed by atoms with van der Waals surface area (Å²) in [7, 11) is 3.60. The van der Waals surface area contributed by atoms with Gasteiger partial charge in [0.15, 0.2) is 24.1 Å². The summed E-state index contributed by atoms with van der Waals surface area (Å²) in [5.74, 6) is -2.61. The first kappa shape index (κ1) is 39.7. The summed E-state index contributed by atoms with van der Waals surface area (Å²) < 4.78 is 36.5. The van der Waals surface area contributed by atoms with Crippen LogP contribution >= 0.6 is 0 Å². The molecule has 0 aromatic heterocycles. The van der Waals surface area contributed by atoms with Crippen LogP contribution in [-0.4, -0.2) is 127 Å². The van der Waals surface area contributed by atoms with Gasteiger partial charge in [0.1, 0.15) is 36.8 Å². The number of Topliss-reactive ketones (excluding diaryl/α,β-unsaturated/α-hetero) is 1. The average Bonchev–Trinajstić information content (AvgIpc) is 3.83. The summed E-state index contributed by atoms with van der Waals surface area (Å²) in [5.41, 5.74) is 0. The van der Waals surface area contributed by atoms with Crippen molar-refractivity contribution in [1.29, 1.82) is 0 Å². The molecule has 0 saturated carbocycles. The van der Waals surface area contributed by atoms with Gasteiger partial charge in [0.25, 0.3) is 0 Å². The molecule has 4 aliphatic heterocycles. The van der Waals surface area contributed by atoms with Crippen molar-refractivity contribution in [2.75, 3.05) is 14.1 Å². The third kappa shape index (κ3) is 9.82. The van der Waals surface area contributed by atoms with Crippen molar-refractivity contribution in [2.24, 2.45) is 23.7 Å². The van der Waals surface area contributed by atoms with Crippen molar-refractivity contribution in [1.82, 2.24) is 4.90 Å². The van der Waals surface area contributed by atoms with Crippen LogP contribution in [0.3, 0.4) is 0 Å². The van der Waals surface area contributed by atoms with E-state index in [1.807, 2.05) is 18.7 Å². The van der Waals surface area contributed by atoms with E-state index in [2.05, 4.69) is 0 Å². The van der Waals surface area contributed by atoms with Crippen molar-refractivity contribution in [3.8, 4) is 0 Å². The Kier molecular flexibility index (Phi) is 14.1. The first-order valence-electron chi connectivity index (χ1n) is 17.8. The van der Waals surface area contributed by atoms with Crippen LogP contribution in [0.5, 0.6) is 0 Å². The molecule has 0 aromatic carbocycles. The number of likely N-dealkylation sites (N-methyl/N-ethyl adjacent to an activating group) is 1. The molecule has 4 rings (SSSR count). The van der Waals surface area contributed by atoms with Gasteiger partial charge in [0.05, 0.1) is 36.9 Å². The molecule has 0 aliphatic carbocycles. The normalized spacial score (nSPS) is 45.0. The third-order valence-corrected chi connectivity index (χ3v) is 10.7. The predicted molar refractivity (Wildman–Crippen MR) is 176 cm³/mol.